The molecule has 1 aromatic rings. The lowest BCUT2D eigenvalue weighted by Crippen LogP contribution is -2.31. The molecule has 110 valence electrons. The van der Waals surface area contributed by atoms with Gasteiger partial charge in [-0.3, -0.25) is 4.79 Å². The summed E-state index contributed by atoms with van der Waals surface area (Å²) in [7, 11) is 1.57. The van der Waals surface area contributed by atoms with Crippen molar-refractivity contribution in [2.24, 2.45) is 5.73 Å². The Bertz CT molecular complexity index is 488. The number of rotatable bonds is 4. The first-order valence-corrected chi connectivity index (χ1v) is 6.90. The van der Waals surface area contributed by atoms with E-state index in [4.69, 9.17) is 15.2 Å². The first-order chi connectivity index (χ1) is 9.51. The Morgan fingerprint density at radius 2 is 2.15 bits per heavy atom. The van der Waals surface area contributed by atoms with Gasteiger partial charge in [0.1, 0.15) is 0 Å². The van der Waals surface area contributed by atoms with E-state index >= 15 is 0 Å². The van der Waals surface area contributed by atoms with Crippen LogP contribution in [0.4, 0.5) is 0 Å². The zero-order valence-corrected chi connectivity index (χ0v) is 12.3. The average Bonchev–Trinajstić information content (AvgIpc) is 2.84. The summed E-state index contributed by atoms with van der Waals surface area (Å²) in [6, 6.07) is 5.36. The van der Waals surface area contributed by atoms with Crippen LogP contribution in [0.25, 0.3) is 0 Å². The highest BCUT2D eigenvalue weighted by Gasteiger charge is 2.25. The van der Waals surface area contributed by atoms with Gasteiger partial charge in [0.15, 0.2) is 11.5 Å². The second-order valence-corrected chi connectivity index (χ2v) is 5.33. The minimum atomic E-state index is -0.00709. The minimum absolute atomic E-state index is 0.00709. The van der Waals surface area contributed by atoms with Gasteiger partial charge in [-0.05, 0) is 38.5 Å². The minimum Gasteiger partial charge on any atom is -0.493 e. The molecule has 1 fully saturated rings. The van der Waals surface area contributed by atoms with Gasteiger partial charge in [0, 0.05) is 24.7 Å². The summed E-state index contributed by atoms with van der Waals surface area (Å²) in [5.41, 5.74) is 6.44. The number of ether oxygens (including phenoxy) is 2. The molecule has 0 aliphatic carbocycles. The zero-order chi connectivity index (χ0) is 14.7. The number of likely N-dealkylation sites (tertiary alicyclic amines) is 1. The van der Waals surface area contributed by atoms with E-state index in [1.54, 1.807) is 30.2 Å². The third-order valence-corrected chi connectivity index (χ3v) is 3.29. The van der Waals surface area contributed by atoms with Crippen LogP contribution in [0.2, 0.25) is 0 Å². The molecule has 2 N–H and O–H groups in total. The highest BCUT2D eigenvalue weighted by atomic mass is 16.5. The predicted molar refractivity (Wildman–Crippen MR) is 77.3 cm³/mol. The van der Waals surface area contributed by atoms with Crippen LogP contribution in [0.15, 0.2) is 18.2 Å². The van der Waals surface area contributed by atoms with Gasteiger partial charge in [-0.2, -0.15) is 0 Å². The lowest BCUT2D eigenvalue weighted by Gasteiger charge is -2.18. The second-order valence-electron chi connectivity index (χ2n) is 5.33. The third-order valence-electron chi connectivity index (χ3n) is 3.29. The summed E-state index contributed by atoms with van der Waals surface area (Å²) in [6.07, 6.45) is 0.916. The molecule has 0 saturated carbocycles. The predicted octanol–water partition coefficient (Wildman–Crippen LogP) is 1.66. The van der Waals surface area contributed by atoms with Crippen LogP contribution in [0, 0.1) is 0 Å². The first kappa shape index (κ1) is 14.7. The molecule has 1 heterocycles. The number of nitrogens with zero attached hydrogens (tertiary/aromatic N) is 1. The largest absolute Gasteiger partial charge is 0.493 e. The molecule has 1 aliphatic heterocycles. The monoisotopic (exact) mass is 278 g/mol. The van der Waals surface area contributed by atoms with Crippen molar-refractivity contribution in [3.63, 3.8) is 0 Å². The van der Waals surface area contributed by atoms with Crippen molar-refractivity contribution < 1.29 is 14.3 Å². The highest BCUT2D eigenvalue weighted by Crippen LogP contribution is 2.29. The third kappa shape index (κ3) is 3.22. The molecule has 1 aromatic carbocycles. The number of nitrogens with two attached hydrogens (primary N) is 1. The van der Waals surface area contributed by atoms with E-state index in [1.165, 1.54) is 0 Å². The normalized spacial score (nSPS) is 18.4. The van der Waals surface area contributed by atoms with E-state index < -0.39 is 0 Å². The summed E-state index contributed by atoms with van der Waals surface area (Å²) < 4.78 is 10.9. The fourth-order valence-electron chi connectivity index (χ4n) is 2.31. The van der Waals surface area contributed by atoms with Crippen molar-refractivity contribution in [3.05, 3.63) is 23.8 Å². The van der Waals surface area contributed by atoms with E-state index in [2.05, 4.69) is 0 Å². The van der Waals surface area contributed by atoms with Gasteiger partial charge >= 0.3 is 0 Å². The van der Waals surface area contributed by atoms with Gasteiger partial charge < -0.3 is 20.1 Å². The van der Waals surface area contributed by atoms with E-state index in [0.29, 0.717) is 30.2 Å². The molecular weight excluding hydrogens is 256 g/mol. The Balaban J connectivity index is 2.18. The van der Waals surface area contributed by atoms with Crippen molar-refractivity contribution >= 4 is 5.91 Å². The van der Waals surface area contributed by atoms with E-state index in [1.807, 2.05) is 13.8 Å². The lowest BCUT2D eigenvalue weighted by molar-refractivity contribution is 0.0790. The Morgan fingerprint density at radius 1 is 1.40 bits per heavy atom. The molecule has 20 heavy (non-hydrogen) atoms. The molecule has 0 radical (unpaired) electrons. The lowest BCUT2D eigenvalue weighted by atomic mass is 10.1. The SMILES string of the molecule is COc1cc(C(=O)N2CCC(N)C2)ccc1OC(C)C. The summed E-state index contributed by atoms with van der Waals surface area (Å²) in [6.45, 7) is 5.23. The number of methoxy groups -OCH3 is 1. The number of hydrogen-bond acceptors (Lipinski definition) is 4. The van der Waals surface area contributed by atoms with Gasteiger partial charge in [0.2, 0.25) is 0 Å². The van der Waals surface area contributed by atoms with Gasteiger partial charge in [-0.1, -0.05) is 0 Å². The quantitative estimate of drug-likeness (QED) is 0.909. The summed E-state index contributed by atoms with van der Waals surface area (Å²) in [5.74, 6) is 1.22. The fourth-order valence-corrected chi connectivity index (χ4v) is 2.31. The molecule has 1 amide bonds. The molecule has 1 unspecified atom stereocenters. The van der Waals surface area contributed by atoms with E-state index in [-0.39, 0.29) is 18.1 Å². The molecule has 1 atom stereocenters. The fraction of sp³-hybridized carbons (Fsp3) is 0.533. The summed E-state index contributed by atoms with van der Waals surface area (Å²) >= 11 is 0. The number of carbonyl (C=O) groups is 1. The number of carbonyl (C=O) groups excluding carboxylic acids is 1. The number of amides is 1. The molecular formula is C15H22N2O3. The Kier molecular flexibility index (Phi) is 4.49. The maximum absolute atomic E-state index is 12.4. The van der Waals surface area contributed by atoms with Crippen molar-refractivity contribution in [3.8, 4) is 11.5 Å². The number of hydrogen-bond donors (Lipinski definition) is 1. The van der Waals surface area contributed by atoms with Crippen molar-refractivity contribution in [1.82, 2.24) is 4.90 Å². The van der Waals surface area contributed by atoms with Gasteiger partial charge in [0.25, 0.3) is 5.91 Å². The molecule has 5 heteroatoms. The standard InChI is InChI=1S/C15H22N2O3/c1-10(2)20-13-5-4-11(8-14(13)19-3)15(18)17-7-6-12(16)9-17/h4-5,8,10,12H,6-7,9,16H2,1-3H3. The van der Waals surface area contributed by atoms with Crippen LogP contribution in [-0.4, -0.2) is 43.2 Å². The summed E-state index contributed by atoms with van der Waals surface area (Å²) in [4.78, 5) is 14.1. The van der Waals surface area contributed by atoms with Gasteiger partial charge in [-0.15, -0.1) is 0 Å². The smallest absolute Gasteiger partial charge is 0.254 e. The molecule has 0 bridgehead atoms. The zero-order valence-electron chi connectivity index (χ0n) is 12.3. The molecule has 2 rings (SSSR count). The molecule has 1 saturated heterocycles. The molecule has 5 nitrogen and oxygen atoms in total. The maximum atomic E-state index is 12.4. The second kappa shape index (κ2) is 6.13. The van der Waals surface area contributed by atoms with Gasteiger partial charge in [-0.25, -0.2) is 0 Å². The highest BCUT2D eigenvalue weighted by molar-refractivity contribution is 5.95. The Labute approximate surface area is 119 Å². The van der Waals surface area contributed by atoms with Gasteiger partial charge in [0.05, 0.1) is 13.2 Å². The molecule has 0 aromatic heterocycles. The van der Waals surface area contributed by atoms with Crippen molar-refractivity contribution in [2.75, 3.05) is 20.2 Å². The summed E-state index contributed by atoms with van der Waals surface area (Å²) in [5, 5.41) is 0. The average molecular weight is 278 g/mol. The first-order valence-electron chi connectivity index (χ1n) is 6.90. The van der Waals surface area contributed by atoms with E-state index in [0.717, 1.165) is 6.42 Å². The van der Waals surface area contributed by atoms with E-state index in [9.17, 15) is 4.79 Å². The van der Waals surface area contributed by atoms with Crippen LogP contribution in [0.3, 0.4) is 0 Å². The van der Waals surface area contributed by atoms with Crippen LogP contribution in [0.1, 0.15) is 30.6 Å². The Morgan fingerprint density at radius 3 is 2.70 bits per heavy atom. The van der Waals surface area contributed by atoms with Crippen LogP contribution in [0.5, 0.6) is 11.5 Å². The topological polar surface area (TPSA) is 64.8 Å². The molecule has 0 spiro atoms. The van der Waals surface area contributed by atoms with Crippen LogP contribution < -0.4 is 15.2 Å². The Hall–Kier alpha value is -1.75. The number of benzene rings is 1. The van der Waals surface area contributed by atoms with Crippen molar-refractivity contribution in [2.45, 2.75) is 32.4 Å². The van der Waals surface area contributed by atoms with Crippen LogP contribution in [-0.2, 0) is 0 Å². The molecule has 1 aliphatic rings. The van der Waals surface area contributed by atoms with Crippen LogP contribution >= 0.6 is 0 Å². The van der Waals surface area contributed by atoms with Crippen molar-refractivity contribution in [1.29, 1.82) is 0 Å². The maximum Gasteiger partial charge on any atom is 0.254 e.